The molecule has 0 atom stereocenters. The van der Waals surface area contributed by atoms with E-state index in [0.29, 0.717) is 52.4 Å². The van der Waals surface area contributed by atoms with Crippen LogP contribution in [-0.2, 0) is 9.31 Å². The lowest BCUT2D eigenvalue weighted by Gasteiger charge is -2.32. The van der Waals surface area contributed by atoms with Gasteiger partial charge in [0.25, 0.3) is 0 Å². The summed E-state index contributed by atoms with van der Waals surface area (Å²) in [6.45, 7) is 8.23. The third-order valence-electron chi connectivity index (χ3n) is 18.4. The predicted octanol–water partition coefficient (Wildman–Crippen LogP) is 22.1. The Hall–Kier alpha value is -11.6. The first-order valence-corrected chi connectivity index (χ1v) is 35.5. The molecule has 13 aromatic carbocycles. The molecule has 0 aliphatic carbocycles. The molecule has 1 aliphatic rings. The normalized spacial score (nSPS) is 12.8. The molecule has 16 aromatic rings. The minimum atomic E-state index is -0.401. The van der Waals surface area contributed by atoms with Crippen LogP contribution in [0.5, 0.6) is 0 Å². The molecule has 0 radical (unpaired) electrons. The van der Waals surface area contributed by atoms with Gasteiger partial charge in [0, 0.05) is 59.0 Å². The van der Waals surface area contributed by atoms with Crippen molar-refractivity contribution in [3.8, 4) is 125 Å². The van der Waals surface area contributed by atoms with Gasteiger partial charge in [-0.15, -0.1) is 0 Å². The zero-order valence-corrected chi connectivity index (χ0v) is 60.0. The highest BCUT2D eigenvalue weighted by Gasteiger charge is 2.51. The molecule has 0 amide bonds. The number of hydrogen-bond acceptors (Lipinski definition) is 11. The standard InChI is InChI=1S/C52H34N6.C27H26BN3O2.C10H6Br2/c1-5-14-38(15-6-1)47-53-48(39-16-7-2-8-17-39)56-51(55-47)42-29-24-35(25-30-42)44-33-28-36-22-13-23-45(46(36)34-44)37-26-31-43(32-27-37)52-57-49(40-18-9-3-10-19-40)54-50(58-52)41-20-11-4-12-21-41;1-26(2)27(3,4)33-28(32-26)22-17-15-21(16-18-22)25-30-23(19-11-7-5-8-12-19)29-24(31-25)20-13-9-6-10-14-20;11-8-5-4-7-2-1-3-10(12)9(7)6-8/h1-34H;5-18H,1-4H3;1-6H. The van der Waals surface area contributed by atoms with Crippen LogP contribution < -0.4 is 5.46 Å². The zero-order valence-electron chi connectivity index (χ0n) is 56.9. The molecule has 103 heavy (non-hydrogen) atoms. The molecule has 4 heterocycles. The Morgan fingerprint density at radius 3 is 0.883 bits per heavy atom. The lowest BCUT2D eigenvalue weighted by atomic mass is 9.79. The van der Waals surface area contributed by atoms with E-state index in [1.807, 2.05) is 212 Å². The van der Waals surface area contributed by atoms with Crippen molar-refractivity contribution in [1.82, 2.24) is 44.9 Å². The topological polar surface area (TPSA) is 134 Å². The fourth-order valence-corrected chi connectivity index (χ4v) is 13.0. The summed E-state index contributed by atoms with van der Waals surface area (Å²) < 4.78 is 14.6. The van der Waals surface area contributed by atoms with E-state index in [2.05, 4.69) is 175 Å². The Morgan fingerprint density at radius 1 is 0.243 bits per heavy atom. The van der Waals surface area contributed by atoms with Crippen LogP contribution >= 0.6 is 31.9 Å². The molecule has 0 bridgehead atoms. The summed E-state index contributed by atoms with van der Waals surface area (Å²) >= 11 is 6.96. The molecule has 1 saturated heterocycles. The highest BCUT2D eigenvalue weighted by Crippen LogP contribution is 2.39. The number of benzene rings is 13. The van der Waals surface area contributed by atoms with Gasteiger partial charge in [-0.05, 0) is 101 Å². The number of nitrogens with zero attached hydrogens (tertiary/aromatic N) is 9. The fourth-order valence-electron chi connectivity index (χ4n) is 12.1. The molecule has 1 fully saturated rings. The number of hydrogen-bond donors (Lipinski definition) is 0. The molecule has 0 spiro atoms. The molecule has 496 valence electrons. The van der Waals surface area contributed by atoms with Crippen LogP contribution in [-0.4, -0.2) is 63.2 Å². The van der Waals surface area contributed by atoms with Crippen LogP contribution in [0.2, 0.25) is 0 Å². The van der Waals surface area contributed by atoms with Crippen LogP contribution in [0.4, 0.5) is 0 Å². The van der Waals surface area contributed by atoms with Crippen LogP contribution in [0.1, 0.15) is 27.7 Å². The Labute approximate surface area is 616 Å². The summed E-state index contributed by atoms with van der Waals surface area (Å²) in [5.74, 6) is 5.76. The van der Waals surface area contributed by atoms with Crippen molar-refractivity contribution in [2.45, 2.75) is 38.9 Å². The molecule has 11 nitrogen and oxygen atoms in total. The first kappa shape index (κ1) is 67.2. The van der Waals surface area contributed by atoms with Gasteiger partial charge in [-0.3, -0.25) is 0 Å². The van der Waals surface area contributed by atoms with E-state index >= 15 is 0 Å². The van der Waals surface area contributed by atoms with Gasteiger partial charge in [0.2, 0.25) is 0 Å². The molecular formula is C89H66BBr2N9O2. The Morgan fingerprint density at radius 2 is 0.524 bits per heavy atom. The van der Waals surface area contributed by atoms with Crippen molar-refractivity contribution in [3.63, 3.8) is 0 Å². The Balaban J connectivity index is 0.000000158. The average molecular weight is 1460 g/mol. The highest BCUT2D eigenvalue weighted by molar-refractivity contribution is 9.11. The van der Waals surface area contributed by atoms with Gasteiger partial charge in [-0.1, -0.05) is 335 Å². The Kier molecular flexibility index (Phi) is 19.5. The van der Waals surface area contributed by atoms with Crippen molar-refractivity contribution >= 4 is 66.0 Å². The van der Waals surface area contributed by atoms with E-state index < -0.39 is 7.12 Å². The minimum absolute atomic E-state index is 0.375. The van der Waals surface area contributed by atoms with E-state index in [1.54, 1.807) is 0 Å². The SMILES string of the molecule is Brc1ccc2cccc(Br)c2c1.CC1(C)OB(c2ccc(-c3nc(-c4ccccc4)nc(-c4ccccc4)n3)cc2)OC1(C)C.c1ccc(-c2nc(-c3ccccc3)nc(-c3ccc(-c4ccc5cccc(-c6ccc(-c7nc(-c8ccccc8)nc(-c8ccccc8)n7)cc6)c5c4)cc3)n2)cc1. The third kappa shape index (κ3) is 15.2. The summed E-state index contributed by atoms with van der Waals surface area (Å²) in [5, 5.41) is 4.85. The second-order valence-electron chi connectivity index (χ2n) is 25.8. The van der Waals surface area contributed by atoms with Crippen LogP contribution in [0.15, 0.2) is 337 Å². The molecule has 0 unspecified atom stereocenters. The number of aromatic nitrogens is 9. The summed E-state index contributed by atoms with van der Waals surface area (Å²) in [5.41, 5.74) is 13.2. The van der Waals surface area contributed by atoms with Crippen molar-refractivity contribution in [1.29, 1.82) is 0 Å². The van der Waals surface area contributed by atoms with Crippen molar-refractivity contribution < 1.29 is 9.31 Å². The molecule has 0 saturated carbocycles. The summed E-state index contributed by atoms with van der Waals surface area (Å²) in [6.07, 6.45) is 0. The lowest BCUT2D eigenvalue weighted by Crippen LogP contribution is -2.41. The number of halogens is 2. The van der Waals surface area contributed by atoms with Gasteiger partial charge in [-0.25, -0.2) is 44.9 Å². The number of fused-ring (bicyclic) bond motifs is 2. The second kappa shape index (κ2) is 29.9. The lowest BCUT2D eigenvalue weighted by molar-refractivity contribution is 0.00578. The highest BCUT2D eigenvalue weighted by atomic mass is 79.9. The van der Waals surface area contributed by atoms with Gasteiger partial charge in [0.1, 0.15) is 0 Å². The average Bonchev–Trinajstić information content (AvgIpc) is 1.77. The molecular weight excluding hydrogens is 1400 g/mol. The van der Waals surface area contributed by atoms with Crippen LogP contribution in [0.25, 0.3) is 146 Å². The predicted molar refractivity (Wildman–Crippen MR) is 425 cm³/mol. The smallest absolute Gasteiger partial charge is 0.399 e. The van der Waals surface area contributed by atoms with Crippen LogP contribution in [0.3, 0.4) is 0 Å². The summed E-state index contributed by atoms with van der Waals surface area (Å²) in [6, 6.07) is 111. The summed E-state index contributed by atoms with van der Waals surface area (Å²) in [7, 11) is -0.401. The van der Waals surface area contributed by atoms with Gasteiger partial charge in [0.05, 0.1) is 11.2 Å². The maximum absolute atomic E-state index is 6.19. The molecule has 0 N–H and O–H groups in total. The molecule has 3 aromatic heterocycles. The third-order valence-corrected chi connectivity index (χ3v) is 19.6. The fraction of sp³-hybridized carbons (Fsp3) is 0.0674. The van der Waals surface area contributed by atoms with Gasteiger partial charge in [-0.2, -0.15) is 0 Å². The minimum Gasteiger partial charge on any atom is -0.399 e. The van der Waals surface area contributed by atoms with E-state index in [-0.39, 0.29) is 11.2 Å². The molecule has 17 rings (SSSR count). The molecule has 1 aliphatic heterocycles. The largest absolute Gasteiger partial charge is 0.494 e. The quantitative estimate of drug-likeness (QED) is 0.108. The van der Waals surface area contributed by atoms with E-state index in [1.165, 1.54) is 21.5 Å². The van der Waals surface area contributed by atoms with Gasteiger partial charge >= 0.3 is 7.12 Å². The first-order valence-electron chi connectivity index (χ1n) is 34.0. The van der Waals surface area contributed by atoms with Crippen LogP contribution in [0, 0.1) is 0 Å². The monoisotopic (exact) mass is 1460 g/mol. The first-order chi connectivity index (χ1) is 50.3. The summed E-state index contributed by atoms with van der Waals surface area (Å²) in [4.78, 5) is 43.7. The maximum Gasteiger partial charge on any atom is 0.494 e. The van der Waals surface area contributed by atoms with Gasteiger partial charge < -0.3 is 9.31 Å². The maximum atomic E-state index is 6.19. The van der Waals surface area contributed by atoms with Gasteiger partial charge in [0.15, 0.2) is 52.4 Å². The van der Waals surface area contributed by atoms with E-state index in [0.717, 1.165) is 86.7 Å². The van der Waals surface area contributed by atoms with Crippen molar-refractivity contribution in [2.24, 2.45) is 0 Å². The van der Waals surface area contributed by atoms with Crippen molar-refractivity contribution in [3.05, 3.63) is 337 Å². The number of rotatable bonds is 12. The zero-order chi connectivity index (χ0) is 70.3. The van der Waals surface area contributed by atoms with E-state index in [4.69, 9.17) is 54.2 Å². The van der Waals surface area contributed by atoms with Crippen molar-refractivity contribution in [2.75, 3.05) is 0 Å². The second-order valence-corrected chi connectivity index (χ2v) is 27.6. The van der Waals surface area contributed by atoms with E-state index in [9.17, 15) is 0 Å². The molecule has 14 heteroatoms. The Bertz CT molecular complexity index is 5450.